The normalized spacial score (nSPS) is 23.2. The largest absolute Gasteiger partial charge is 0.394 e. The first-order valence-corrected chi connectivity index (χ1v) is 9.55. The second kappa shape index (κ2) is 8.52. The Hall–Kier alpha value is -3.18. The maximum Gasteiger partial charge on any atom is 0.333 e. The van der Waals surface area contributed by atoms with Gasteiger partial charge in [-0.15, -0.1) is 0 Å². The molecule has 3 aromatic rings. The molecule has 0 spiro atoms. The van der Waals surface area contributed by atoms with E-state index in [9.17, 15) is 29.3 Å². The summed E-state index contributed by atoms with van der Waals surface area (Å²) in [6, 6.07) is 10.5. The van der Waals surface area contributed by atoms with E-state index in [1.165, 1.54) is 12.3 Å². The van der Waals surface area contributed by atoms with E-state index in [0.29, 0.717) is 16.8 Å². The Bertz CT molecular complexity index is 1210. The Kier molecular flexibility index (Phi) is 5.79. The van der Waals surface area contributed by atoms with Crippen molar-refractivity contribution in [3.63, 3.8) is 0 Å². The van der Waals surface area contributed by atoms with E-state index in [4.69, 9.17) is 4.74 Å². The number of aliphatic hydroxyl groups excluding tert-OH is 3. The van der Waals surface area contributed by atoms with Crippen molar-refractivity contribution in [3.05, 3.63) is 87.2 Å². The van der Waals surface area contributed by atoms with E-state index in [2.05, 4.69) is 4.98 Å². The van der Waals surface area contributed by atoms with Crippen LogP contribution in [0, 0.1) is 5.82 Å². The summed E-state index contributed by atoms with van der Waals surface area (Å²) in [6.45, 7) is -0.745. The van der Waals surface area contributed by atoms with Gasteiger partial charge in [0, 0.05) is 24.0 Å². The van der Waals surface area contributed by atoms with Gasteiger partial charge in [0.05, 0.1) is 18.8 Å². The van der Waals surface area contributed by atoms with E-state index < -0.39 is 48.2 Å². The molecule has 9 nitrogen and oxygen atoms in total. The highest BCUT2D eigenvalue weighted by Crippen LogP contribution is 2.28. The molecule has 0 aliphatic carbocycles. The number of benzene rings is 1. The van der Waals surface area contributed by atoms with Gasteiger partial charge in [-0.05, 0) is 23.8 Å². The number of aliphatic hydroxyl groups is 3. The molecule has 4 rings (SSSR count). The molecule has 3 N–H and O–H groups in total. The average Bonchev–Trinajstić information content (AvgIpc) is 3.05. The van der Waals surface area contributed by atoms with Crippen LogP contribution >= 0.6 is 0 Å². The van der Waals surface area contributed by atoms with Gasteiger partial charge in [0.2, 0.25) is 0 Å². The fourth-order valence-corrected chi connectivity index (χ4v) is 3.57. The topological polar surface area (TPSA) is 127 Å². The van der Waals surface area contributed by atoms with Crippen LogP contribution in [0.25, 0.3) is 11.1 Å². The number of halogens is 1. The average molecular weight is 429 g/mol. The molecular weight excluding hydrogens is 409 g/mol. The van der Waals surface area contributed by atoms with Crippen LogP contribution in [0.5, 0.6) is 0 Å². The molecule has 10 heteroatoms. The summed E-state index contributed by atoms with van der Waals surface area (Å²) in [6.07, 6.45) is -2.58. The zero-order valence-electron chi connectivity index (χ0n) is 16.2. The Balaban J connectivity index is 1.69. The number of pyridine rings is 1. The molecule has 1 aliphatic heterocycles. The van der Waals surface area contributed by atoms with Crippen LogP contribution in [-0.4, -0.2) is 54.4 Å². The fourth-order valence-electron chi connectivity index (χ4n) is 3.57. The summed E-state index contributed by atoms with van der Waals surface area (Å²) in [5.41, 5.74) is -0.156. The molecule has 1 aliphatic rings. The molecular formula is C21H20FN3O6. The van der Waals surface area contributed by atoms with Crippen molar-refractivity contribution < 1.29 is 24.4 Å². The Labute approximate surface area is 175 Å². The van der Waals surface area contributed by atoms with Crippen molar-refractivity contribution >= 4 is 0 Å². The summed E-state index contributed by atoms with van der Waals surface area (Å²) in [5, 5.41) is 29.4. The Morgan fingerprint density at radius 1 is 1.10 bits per heavy atom. The van der Waals surface area contributed by atoms with Gasteiger partial charge >= 0.3 is 5.69 Å². The molecule has 1 fully saturated rings. The molecule has 162 valence electrons. The lowest BCUT2D eigenvalue weighted by molar-refractivity contribution is -0.0555. The zero-order chi connectivity index (χ0) is 22.1. The van der Waals surface area contributed by atoms with Gasteiger partial charge in [0.25, 0.3) is 5.56 Å². The molecule has 0 unspecified atom stereocenters. The number of nitrogens with zero attached hydrogens (tertiary/aromatic N) is 3. The van der Waals surface area contributed by atoms with Crippen molar-refractivity contribution in [2.75, 3.05) is 6.61 Å². The minimum Gasteiger partial charge on any atom is -0.394 e. The smallest absolute Gasteiger partial charge is 0.333 e. The maximum absolute atomic E-state index is 14.1. The third-order valence-corrected chi connectivity index (χ3v) is 5.21. The summed E-state index contributed by atoms with van der Waals surface area (Å²) < 4.78 is 21.4. The third kappa shape index (κ3) is 3.93. The van der Waals surface area contributed by atoms with Crippen molar-refractivity contribution in [1.29, 1.82) is 0 Å². The van der Waals surface area contributed by atoms with Crippen molar-refractivity contribution in [1.82, 2.24) is 14.1 Å². The lowest BCUT2D eigenvalue weighted by Gasteiger charge is -2.18. The molecule has 0 radical (unpaired) electrons. The van der Waals surface area contributed by atoms with Gasteiger partial charge in [-0.2, -0.15) is 0 Å². The van der Waals surface area contributed by atoms with E-state index in [-0.39, 0.29) is 6.54 Å². The lowest BCUT2D eigenvalue weighted by atomic mass is 10.1. The molecule has 4 atom stereocenters. The number of aromatic nitrogens is 3. The number of ether oxygens (including phenoxy) is 1. The first kappa shape index (κ1) is 21.1. The van der Waals surface area contributed by atoms with Gasteiger partial charge in [-0.3, -0.25) is 18.9 Å². The van der Waals surface area contributed by atoms with E-state index in [0.717, 1.165) is 21.4 Å². The Morgan fingerprint density at radius 2 is 1.87 bits per heavy atom. The van der Waals surface area contributed by atoms with Gasteiger partial charge < -0.3 is 20.1 Å². The fraction of sp³-hybridized carbons (Fsp3) is 0.286. The predicted molar refractivity (Wildman–Crippen MR) is 107 cm³/mol. The minimum absolute atomic E-state index is 0.199. The van der Waals surface area contributed by atoms with Crippen LogP contribution in [0.2, 0.25) is 0 Å². The van der Waals surface area contributed by atoms with Crippen LogP contribution < -0.4 is 11.2 Å². The quantitative estimate of drug-likeness (QED) is 0.516. The van der Waals surface area contributed by atoms with Crippen molar-refractivity contribution in [2.24, 2.45) is 0 Å². The number of hydrogen-bond acceptors (Lipinski definition) is 7. The molecule has 1 saturated heterocycles. The molecule has 0 amide bonds. The van der Waals surface area contributed by atoms with Crippen molar-refractivity contribution in [2.45, 2.75) is 31.1 Å². The summed E-state index contributed by atoms with van der Waals surface area (Å²) in [5.74, 6) is -0.414. The van der Waals surface area contributed by atoms with Gasteiger partial charge in [0.15, 0.2) is 6.23 Å². The van der Waals surface area contributed by atoms with Crippen LogP contribution in [0.3, 0.4) is 0 Å². The van der Waals surface area contributed by atoms with Gasteiger partial charge in [-0.25, -0.2) is 9.18 Å². The maximum atomic E-state index is 14.1. The minimum atomic E-state index is -1.47. The molecule has 0 bridgehead atoms. The second-order valence-corrected chi connectivity index (χ2v) is 7.17. The third-order valence-electron chi connectivity index (χ3n) is 5.21. The molecule has 2 aromatic heterocycles. The van der Waals surface area contributed by atoms with Crippen LogP contribution in [-0.2, 0) is 11.3 Å². The summed E-state index contributed by atoms with van der Waals surface area (Å²) in [4.78, 5) is 29.5. The van der Waals surface area contributed by atoms with Crippen LogP contribution in [0.15, 0.2) is 64.4 Å². The predicted octanol–water partition coefficient (Wildman–Crippen LogP) is -0.129. The SMILES string of the molecule is O=c1ccn([C@@H]2O[C@H](CO)[C@H](O)[C@@H]2O)c(=O)n1Cc1cc(-c2ccccc2F)ccn1. The van der Waals surface area contributed by atoms with Gasteiger partial charge in [-0.1, -0.05) is 18.2 Å². The highest BCUT2D eigenvalue weighted by molar-refractivity contribution is 5.63. The first-order valence-electron chi connectivity index (χ1n) is 9.55. The monoisotopic (exact) mass is 429 g/mol. The zero-order valence-corrected chi connectivity index (χ0v) is 16.2. The lowest BCUT2D eigenvalue weighted by Crippen LogP contribution is -2.43. The number of rotatable bonds is 5. The standard InChI is InChI=1S/C21H20FN3O6/c22-15-4-2-1-3-14(15)12-5-7-23-13(9-12)10-25-17(27)6-8-24(21(25)30)20-19(29)18(28)16(11-26)31-20/h1-9,16,18-20,26,28-29H,10-11H2/t16-,18+,19+,20-/m1/s1. The first-order chi connectivity index (χ1) is 14.9. The van der Waals surface area contributed by atoms with Crippen LogP contribution in [0.1, 0.15) is 11.9 Å². The second-order valence-electron chi connectivity index (χ2n) is 7.17. The van der Waals surface area contributed by atoms with E-state index in [1.54, 1.807) is 30.3 Å². The highest BCUT2D eigenvalue weighted by atomic mass is 19.1. The Morgan fingerprint density at radius 3 is 2.58 bits per heavy atom. The van der Waals surface area contributed by atoms with Crippen molar-refractivity contribution in [3.8, 4) is 11.1 Å². The highest BCUT2D eigenvalue weighted by Gasteiger charge is 2.43. The molecule has 0 saturated carbocycles. The van der Waals surface area contributed by atoms with E-state index in [1.807, 2.05) is 0 Å². The summed E-state index contributed by atoms with van der Waals surface area (Å²) in [7, 11) is 0. The van der Waals surface area contributed by atoms with E-state index >= 15 is 0 Å². The summed E-state index contributed by atoms with van der Waals surface area (Å²) >= 11 is 0. The molecule has 3 heterocycles. The number of hydrogen-bond donors (Lipinski definition) is 3. The van der Waals surface area contributed by atoms with Crippen LogP contribution in [0.4, 0.5) is 4.39 Å². The molecule has 31 heavy (non-hydrogen) atoms. The molecule has 1 aromatic carbocycles. The van der Waals surface area contributed by atoms with Gasteiger partial charge in [0.1, 0.15) is 24.1 Å².